The smallest absolute Gasteiger partial charge is 0.253 e. The molecular weight excluding hydrogens is 309 g/mol. The summed E-state index contributed by atoms with van der Waals surface area (Å²) in [4.78, 5) is 25.9. The predicted molar refractivity (Wildman–Crippen MR) is 81.0 cm³/mol. The number of nitrogens with zero attached hydrogens (tertiary/aromatic N) is 1. The van der Waals surface area contributed by atoms with E-state index in [4.69, 9.17) is 17.3 Å². The van der Waals surface area contributed by atoms with Gasteiger partial charge in [0.15, 0.2) is 0 Å². The second-order valence-corrected chi connectivity index (χ2v) is 6.34. The molecular formula is C15H17ClFN3O2. The number of anilines is 1. The number of hydrogen-bond donors (Lipinski definition) is 2. The van der Waals surface area contributed by atoms with Gasteiger partial charge < -0.3 is 16.0 Å². The molecule has 1 saturated heterocycles. The zero-order chi connectivity index (χ0) is 15.9. The third-order valence-corrected chi connectivity index (χ3v) is 4.33. The molecule has 1 aliphatic heterocycles. The minimum absolute atomic E-state index is 0.0216. The lowest BCUT2D eigenvalue weighted by Gasteiger charge is -2.16. The van der Waals surface area contributed by atoms with Gasteiger partial charge in [0.25, 0.3) is 5.91 Å². The highest BCUT2D eigenvalue weighted by Gasteiger charge is 2.39. The Hall–Kier alpha value is -1.82. The summed E-state index contributed by atoms with van der Waals surface area (Å²) in [5.41, 5.74) is 5.37. The maximum atomic E-state index is 13.5. The molecule has 1 aliphatic carbocycles. The Morgan fingerprint density at radius 1 is 1.45 bits per heavy atom. The Morgan fingerprint density at radius 3 is 2.86 bits per heavy atom. The molecule has 22 heavy (non-hydrogen) atoms. The number of amides is 2. The number of halogens is 2. The van der Waals surface area contributed by atoms with E-state index in [0.29, 0.717) is 25.6 Å². The second kappa shape index (κ2) is 5.76. The van der Waals surface area contributed by atoms with Crippen molar-refractivity contribution in [2.75, 3.05) is 18.8 Å². The van der Waals surface area contributed by atoms with Gasteiger partial charge in [-0.2, -0.15) is 0 Å². The summed E-state index contributed by atoms with van der Waals surface area (Å²) in [6.45, 7) is 1.03. The molecule has 1 aromatic carbocycles. The van der Waals surface area contributed by atoms with Gasteiger partial charge in [0, 0.05) is 36.5 Å². The van der Waals surface area contributed by atoms with E-state index in [2.05, 4.69) is 5.32 Å². The molecule has 3 rings (SSSR count). The van der Waals surface area contributed by atoms with E-state index in [1.54, 1.807) is 0 Å². The number of benzene rings is 1. The van der Waals surface area contributed by atoms with Crippen LogP contribution in [-0.2, 0) is 4.79 Å². The highest BCUT2D eigenvalue weighted by Crippen LogP contribution is 2.32. The van der Waals surface area contributed by atoms with Crippen LogP contribution >= 0.6 is 11.6 Å². The van der Waals surface area contributed by atoms with Crippen molar-refractivity contribution >= 4 is 29.1 Å². The number of carbonyl (C=O) groups excluding carboxylic acids is 2. The Balaban J connectivity index is 1.60. The van der Waals surface area contributed by atoms with E-state index >= 15 is 0 Å². The van der Waals surface area contributed by atoms with Gasteiger partial charge in [-0.15, -0.1) is 0 Å². The maximum Gasteiger partial charge on any atom is 0.253 e. The van der Waals surface area contributed by atoms with Gasteiger partial charge in [0.2, 0.25) is 5.91 Å². The van der Waals surface area contributed by atoms with Gasteiger partial charge >= 0.3 is 0 Å². The Bertz CT molecular complexity index is 633. The molecule has 2 amide bonds. The average molecular weight is 326 g/mol. The molecule has 1 heterocycles. The molecule has 2 aliphatic rings. The first-order valence-electron chi connectivity index (χ1n) is 7.28. The quantitative estimate of drug-likeness (QED) is 0.829. The van der Waals surface area contributed by atoms with Gasteiger partial charge in [-0.05, 0) is 25.0 Å². The number of rotatable bonds is 4. The zero-order valence-electron chi connectivity index (χ0n) is 11.9. The number of likely N-dealkylation sites (tertiary alicyclic amines) is 1. The van der Waals surface area contributed by atoms with Gasteiger partial charge in [-0.3, -0.25) is 9.59 Å². The first-order chi connectivity index (χ1) is 10.5. The van der Waals surface area contributed by atoms with E-state index in [0.717, 1.165) is 18.9 Å². The summed E-state index contributed by atoms with van der Waals surface area (Å²) in [7, 11) is 0. The van der Waals surface area contributed by atoms with Gasteiger partial charge in [0.05, 0.1) is 11.3 Å². The van der Waals surface area contributed by atoms with Crippen LogP contribution in [0, 0.1) is 11.7 Å². The van der Waals surface area contributed by atoms with Gasteiger partial charge in [-0.25, -0.2) is 4.39 Å². The number of nitrogens with two attached hydrogens (primary N) is 1. The standard InChI is InChI=1S/C15H17ClFN3O2/c16-9-4-11(14(18)12(17)5-9)15(22)19-6-8-3-13(21)20(7-8)10-1-2-10/h4-5,8,10H,1-3,6-7,18H2,(H,19,22). The van der Waals surface area contributed by atoms with E-state index in [1.807, 2.05) is 4.90 Å². The van der Waals surface area contributed by atoms with Crippen molar-refractivity contribution in [1.29, 1.82) is 0 Å². The summed E-state index contributed by atoms with van der Waals surface area (Å²) >= 11 is 5.75. The number of nitrogen functional groups attached to an aromatic ring is 1. The largest absolute Gasteiger partial charge is 0.396 e. The molecule has 0 aromatic heterocycles. The van der Waals surface area contributed by atoms with Crippen molar-refractivity contribution in [3.05, 3.63) is 28.5 Å². The van der Waals surface area contributed by atoms with Crippen molar-refractivity contribution < 1.29 is 14.0 Å². The first kappa shape index (κ1) is 15.1. The number of nitrogens with one attached hydrogen (secondary N) is 1. The van der Waals surface area contributed by atoms with Crippen molar-refractivity contribution in [3.8, 4) is 0 Å². The summed E-state index contributed by atoms with van der Waals surface area (Å²) in [6.07, 6.45) is 2.59. The van der Waals surface area contributed by atoms with Gasteiger partial charge in [0.1, 0.15) is 5.82 Å². The second-order valence-electron chi connectivity index (χ2n) is 5.91. The maximum absolute atomic E-state index is 13.5. The van der Waals surface area contributed by atoms with Crippen molar-refractivity contribution in [3.63, 3.8) is 0 Å². The van der Waals surface area contributed by atoms with Gasteiger partial charge in [-0.1, -0.05) is 11.6 Å². The van der Waals surface area contributed by atoms with Crippen molar-refractivity contribution in [2.24, 2.45) is 5.92 Å². The molecule has 0 bridgehead atoms. The Labute approximate surface area is 132 Å². The fourth-order valence-electron chi connectivity index (χ4n) is 2.79. The molecule has 1 aromatic rings. The normalized spacial score (nSPS) is 21.3. The molecule has 3 N–H and O–H groups in total. The van der Waals surface area contributed by atoms with Crippen LogP contribution in [0.2, 0.25) is 5.02 Å². The molecule has 5 nitrogen and oxygen atoms in total. The lowest BCUT2D eigenvalue weighted by Crippen LogP contribution is -2.32. The lowest BCUT2D eigenvalue weighted by atomic mass is 10.1. The molecule has 118 valence electrons. The van der Waals surface area contributed by atoms with Crippen molar-refractivity contribution in [2.45, 2.75) is 25.3 Å². The van der Waals surface area contributed by atoms with Crippen LogP contribution in [0.1, 0.15) is 29.6 Å². The van der Waals surface area contributed by atoms with E-state index in [9.17, 15) is 14.0 Å². The molecule has 0 radical (unpaired) electrons. The average Bonchev–Trinajstić information content (AvgIpc) is 3.24. The fraction of sp³-hybridized carbons (Fsp3) is 0.467. The topological polar surface area (TPSA) is 75.4 Å². The van der Waals surface area contributed by atoms with E-state index < -0.39 is 11.7 Å². The summed E-state index contributed by atoms with van der Waals surface area (Å²) in [6, 6.07) is 2.80. The molecule has 1 saturated carbocycles. The Kier molecular flexibility index (Phi) is 3.95. The van der Waals surface area contributed by atoms with E-state index in [1.165, 1.54) is 6.07 Å². The molecule has 0 spiro atoms. The number of carbonyl (C=O) groups is 2. The lowest BCUT2D eigenvalue weighted by molar-refractivity contribution is -0.128. The van der Waals surface area contributed by atoms with Crippen LogP contribution in [0.5, 0.6) is 0 Å². The minimum Gasteiger partial charge on any atom is -0.396 e. The van der Waals surface area contributed by atoms with E-state index in [-0.39, 0.29) is 28.1 Å². The highest BCUT2D eigenvalue weighted by atomic mass is 35.5. The zero-order valence-corrected chi connectivity index (χ0v) is 12.7. The van der Waals surface area contributed by atoms with Crippen LogP contribution in [0.15, 0.2) is 12.1 Å². The highest BCUT2D eigenvalue weighted by molar-refractivity contribution is 6.31. The fourth-order valence-corrected chi connectivity index (χ4v) is 2.99. The van der Waals surface area contributed by atoms with Crippen LogP contribution in [0.3, 0.4) is 0 Å². The monoisotopic (exact) mass is 325 g/mol. The predicted octanol–water partition coefficient (Wildman–Crippen LogP) is 1.80. The first-order valence-corrected chi connectivity index (χ1v) is 7.65. The Morgan fingerprint density at radius 2 is 2.18 bits per heavy atom. The third kappa shape index (κ3) is 3.02. The van der Waals surface area contributed by atoms with Crippen LogP contribution in [0.25, 0.3) is 0 Å². The molecule has 1 unspecified atom stereocenters. The third-order valence-electron chi connectivity index (χ3n) is 4.12. The van der Waals surface area contributed by atoms with Crippen LogP contribution in [0.4, 0.5) is 10.1 Å². The summed E-state index contributed by atoms with van der Waals surface area (Å²) in [5, 5.41) is 2.83. The minimum atomic E-state index is -0.714. The number of hydrogen-bond acceptors (Lipinski definition) is 3. The summed E-state index contributed by atoms with van der Waals surface area (Å²) < 4.78 is 13.5. The van der Waals surface area contributed by atoms with Crippen LogP contribution in [-0.4, -0.2) is 35.8 Å². The van der Waals surface area contributed by atoms with Crippen molar-refractivity contribution in [1.82, 2.24) is 10.2 Å². The molecule has 2 fully saturated rings. The van der Waals surface area contributed by atoms with Crippen LogP contribution < -0.4 is 11.1 Å². The summed E-state index contributed by atoms with van der Waals surface area (Å²) in [5.74, 6) is -0.956. The molecule has 7 heteroatoms. The molecule has 1 atom stereocenters. The SMILES string of the molecule is Nc1c(F)cc(Cl)cc1C(=O)NCC1CC(=O)N(C2CC2)C1.